The Labute approximate surface area is 152 Å². The number of imidazole rings is 1. The molecule has 3 nitrogen and oxygen atoms in total. The summed E-state index contributed by atoms with van der Waals surface area (Å²) in [6.07, 6.45) is -0.660. The van der Waals surface area contributed by atoms with Gasteiger partial charge in [-0.1, -0.05) is 12.1 Å². The number of aliphatic hydroxyl groups excluding tert-OH is 1. The minimum absolute atomic E-state index is 0. The van der Waals surface area contributed by atoms with Crippen molar-refractivity contribution in [3.8, 4) is 0 Å². The molecule has 0 radical (unpaired) electrons. The molecule has 0 fully saturated rings. The van der Waals surface area contributed by atoms with E-state index in [1.54, 1.807) is 0 Å². The monoisotopic (exact) mass is 360 g/mol. The van der Waals surface area contributed by atoms with E-state index in [2.05, 4.69) is 16.5 Å². The van der Waals surface area contributed by atoms with E-state index in [9.17, 15) is 5.11 Å². The molecule has 1 atom stereocenters. The quantitative estimate of drug-likeness (QED) is 0.438. The van der Waals surface area contributed by atoms with Crippen molar-refractivity contribution in [2.24, 2.45) is 0 Å². The zero-order valence-corrected chi connectivity index (χ0v) is 14.6. The molecule has 0 saturated heterocycles. The number of aromatic nitrogens is 2. The van der Waals surface area contributed by atoms with E-state index >= 15 is 0 Å². The molecule has 4 aromatic rings. The maximum absolute atomic E-state index is 10.4. The molecule has 3 aromatic carbocycles. The summed E-state index contributed by atoms with van der Waals surface area (Å²) in [5, 5.41) is 10.4. The van der Waals surface area contributed by atoms with Gasteiger partial charge >= 0.3 is 0 Å². The number of hydrogen-bond donors (Lipinski definition) is 1. The molecule has 0 aliphatic rings. The molecule has 0 spiro atoms. The smallest absolute Gasteiger partial charge is 0.106 e. The molecular formula is C20H20FeN2O-6. The van der Waals surface area contributed by atoms with Gasteiger partial charge in [-0.05, 0) is 25.2 Å². The first-order chi connectivity index (χ1) is 11.3. The predicted octanol–water partition coefficient (Wildman–Crippen LogP) is 4.26. The summed E-state index contributed by atoms with van der Waals surface area (Å²) in [5.41, 5.74) is 2.89. The van der Waals surface area contributed by atoms with Crippen LogP contribution in [0.4, 0.5) is 0 Å². The van der Waals surface area contributed by atoms with E-state index in [0.717, 1.165) is 23.1 Å². The average molecular weight is 360 g/mol. The van der Waals surface area contributed by atoms with Gasteiger partial charge in [0.2, 0.25) is 0 Å². The van der Waals surface area contributed by atoms with Crippen LogP contribution in [0.15, 0.2) is 78.9 Å². The average Bonchev–Trinajstić information content (AvgIpc) is 3.36. The van der Waals surface area contributed by atoms with E-state index in [1.165, 1.54) is 0 Å². The molecule has 130 valence electrons. The zero-order chi connectivity index (χ0) is 16.1. The van der Waals surface area contributed by atoms with Gasteiger partial charge in [-0.25, -0.2) is 17.1 Å². The fourth-order valence-corrected chi connectivity index (χ4v) is 2.68. The van der Waals surface area contributed by atoms with Crippen LogP contribution in [0, 0.1) is 0 Å². The maximum Gasteiger partial charge on any atom is 0.106 e. The third-order valence-corrected chi connectivity index (χ3v) is 3.80. The standard InChI is InChI=1S/C15H15N2O.C5H5.Fe/c1-2-17-13-10-6-5-9-12(13)16-15(17)14(18)11-7-3-4-8-11;1-2-4-5-3-1;/h3-10,14,18H,2H2,1H3;1-5H;/q-5;-1;. The Kier molecular flexibility index (Phi) is 6.56. The van der Waals surface area contributed by atoms with Crippen molar-refractivity contribution in [2.45, 2.75) is 19.6 Å². The molecule has 0 aliphatic heterocycles. The maximum atomic E-state index is 10.4. The van der Waals surface area contributed by atoms with Gasteiger partial charge in [-0.2, -0.15) is 18.2 Å². The zero-order valence-electron chi connectivity index (χ0n) is 13.5. The van der Waals surface area contributed by atoms with Crippen molar-refractivity contribution in [3.63, 3.8) is 0 Å². The minimum Gasteiger partial charge on any atom is -0.747 e. The molecule has 1 aromatic heterocycles. The van der Waals surface area contributed by atoms with Crippen molar-refractivity contribution in [1.29, 1.82) is 0 Å². The third-order valence-electron chi connectivity index (χ3n) is 3.80. The van der Waals surface area contributed by atoms with E-state index in [4.69, 9.17) is 0 Å². The molecule has 0 aliphatic carbocycles. The normalized spacial score (nSPS) is 11.4. The first-order valence-corrected chi connectivity index (χ1v) is 7.82. The van der Waals surface area contributed by atoms with E-state index in [-0.39, 0.29) is 17.1 Å². The first kappa shape index (κ1) is 18.2. The summed E-state index contributed by atoms with van der Waals surface area (Å²) < 4.78 is 2.06. The largest absolute Gasteiger partial charge is 0.747 e. The van der Waals surface area contributed by atoms with Crippen LogP contribution >= 0.6 is 0 Å². The number of aryl methyl sites for hydroxylation is 1. The molecule has 0 amide bonds. The van der Waals surface area contributed by atoms with Gasteiger partial charge in [0.1, 0.15) is 5.82 Å². The van der Waals surface area contributed by atoms with E-state index < -0.39 is 6.10 Å². The van der Waals surface area contributed by atoms with Crippen LogP contribution in [-0.2, 0) is 23.6 Å². The SMILES string of the molecule is CCn1c(C(O)[c-]2[cH-][cH-][cH-][cH-]2)nc2ccccc21.[Fe].c1cc[cH-]c1. The molecule has 1 unspecified atom stereocenters. The molecule has 1 heterocycles. The number of hydrogen-bond acceptors (Lipinski definition) is 2. The Hall–Kier alpha value is -2.13. The molecule has 4 rings (SSSR count). The number of para-hydroxylation sites is 2. The van der Waals surface area contributed by atoms with Gasteiger partial charge < -0.3 is 39.5 Å². The second-order valence-corrected chi connectivity index (χ2v) is 5.29. The summed E-state index contributed by atoms with van der Waals surface area (Å²) in [6, 6.07) is 25.7. The van der Waals surface area contributed by atoms with Crippen LogP contribution in [0.25, 0.3) is 11.0 Å². The van der Waals surface area contributed by atoms with Crippen LogP contribution in [0.3, 0.4) is 0 Å². The molecule has 0 saturated carbocycles. The summed E-state index contributed by atoms with van der Waals surface area (Å²) >= 11 is 0. The van der Waals surface area contributed by atoms with Gasteiger partial charge in [-0.3, -0.25) is 0 Å². The Morgan fingerprint density at radius 2 is 1.79 bits per heavy atom. The predicted molar refractivity (Wildman–Crippen MR) is 93.5 cm³/mol. The van der Waals surface area contributed by atoms with Gasteiger partial charge in [-0.15, -0.1) is 0 Å². The van der Waals surface area contributed by atoms with Crippen LogP contribution in [0.1, 0.15) is 24.4 Å². The topological polar surface area (TPSA) is 38.0 Å². The summed E-state index contributed by atoms with van der Waals surface area (Å²) in [6.45, 7) is 2.86. The van der Waals surface area contributed by atoms with Crippen molar-refractivity contribution < 1.29 is 22.2 Å². The van der Waals surface area contributed by atoms with Crippen LogP contribution in [0.2, 0.25) is 0 Å². The molecular weight excluding hydrogens is 340 g/mol. The van der Waals surface area contributed by atoms with Crippen molar-refractivity contribution in [3.05, 3.63) is 90.3 Å². The number of rotatable bonds is 3. The van der Waals surface area contributed by atoms with Crippen LogP contribution in [0.5, 0.6) is 0 Å². The Bertz CT molecular complexity index is 815. The molecule has 0 bridgehead atoms. The number of nitrogens with zero attached hydrogens (tertiary/aromatic N) is 2. The van der Waals surface area contributed by atoms with Gasteiger partial charge in [0, 0.05) is 23.6 Å². The van der Waals surface area contributed by atoms with Gasteiger partial charge in [0.05, 0.1) is 11.0 Å². The minimum atomic E-state index is -0.660. The van der Waals surface area contributed by atoms with Crippen molar-refractivity contribution >= 4 is 11.0 Å². The number of aliphatic hydroxyl groups is 1. The Balaban J connectivity index is 0.000000300. The van der Waals surface area contributed by atoms with E-state index in [0.29, 0.717) is 5.82 Å². The van der Waals surface area contributed by atoms with Gasteiger partial charge in [0.15, 0.2) is 0 Å². The van der Waals surface area contributed by atoms with E-state index in [1.807, 2.05) is 78.9 Å². The second-order valence-electron chi connectivity index (χ2n) is 5.29. The fraction of sp³-hybridized carbons (Fsp3) is 0.150. The first-order valence-electron chi connectivity index (χ1n) is 7.82. The second kappa shape index (κ2) is 8.65. The molecule has 4 heteroatoms. The summed E-state index contributed by atoms with van der Waals surface area (Å²) in [5.74, 6) is 0.713. The summed E-state index contributed by atoms with van der Waals surface area (Å²) in [4.78, 5) is 4.55. The van der Waals surface area contributed by atoms with Crippen molar-refractivity contribution in [2.75, 3.05) is 0 Å². The molecule has 24 heavy (non-hydrogen) atoms. The number of fused-ring (bicyclic) bond motifs is 1. The number of benzene rings is 1. The Morgan fingerprint density at radius 1 is 1.12 bits per heavy atom. The van der Waals surface area contributed by atoms with Gasteiger partial charge in [0.25, 0.3) is 0 Å². The Morgan fingerprint density at radius 3 is 2.38 bits per heavy atom. The molecule has 1 N–H and O–H groups in total. The summed E-state index contributed by atoms with van der Waals surface area (Å²) in [7, 11) is 0. The third kappa shape index (κ3) is 3.85. The van der Waals surface area contributed by atoms with Crippen LogP contribution < -0.4 is 0 Å². The van der Waals surface area contributed by atoms with Crippen LogP contribution in [-0.4, -0.2) is 14.7 Å². The van der Waals surface area contributed by atoms with Crippen molar-refractivity contribution in [1.82, 2.24) is 9.55 Å². The fourth-order valence-electron chi connectivity index (χ4n) is 2.68.